The highest BCUT2D eigenvalue weighted by molar-refractivity contribution is 8.77. The predicted molar refractivity (Wildman–Crippen MR) is 54.1 cm³/mol. The lowest BCUT2D eigenvalue weighted by molar-refractivity contribution is 0.191. The standard InChI is InChI=1S/C8H15NS2/c1-2-4-9(5-3-1)8-6-10-11-7-8/h8H,1-7H2. The second-order valence-electron chi connectivity index (χ2n) is 3.32. The highest BCUT2D eigenvalue weighted by atomic mass is 33.1. The van der Waals surface area contributed by atoms with Crippen molar-refractivity contribution in [2.24, 2.45) is 0 Å². The van der Waals surface area contributed by atoms with Crippen LogP contribution in [-0.2, 0) is 0 Å². The van der Waals surface area contributed by atoms with E-state index in [9.17, 15) is 0 Å². The van der Waals surface area contributed by atoms with Crippen LogP contribution in [0.1, 0.15) is 19.3 Å². The van der Waals surface area contributed by atoms with Crippen LogP contribution in [0.15, 0.2) is 0 Å². The Balaban J connectivity index is 1.82. The van der Waals surface area contributed by atoms with Crippen LogP contribution in [0, 0.1) is 0 Å². The molecule has 2 aliphatic rings. The molecule has 64 valence electrons. The van der Waals surface area contributed by atoms with Crippen molar-refractivity contribution in [3.8, 4) is 0 Å². The van der Waals surface area contributed by atoms with E-state index in [2.05, 4.69) is 26.5 Å². The van der Waals surface area contributed by atoms with Crippen molar-refractivity contribution < 1.29 is 0 Å². The van der Waals surface area contributed by atoms with E-state index >= 15 is 0 Å². The fourth-order valence-corrected chi connectivity index (χ4v) is 4.63. The van der Waals surface area contributed by atoms with E-state index in [1.165, 1.54) is 43.9 Å². The van der Waals surface area contributed by atoms with E-state index < -0.39 is 0 Å². The summed E-state index contributed by atoms with van der Waals surface area (Å²) in [6.45, 7) is 2.73. The largest absolute Gasteiger partial charge is 0.299 e. The molecule has 0 spiro atoms. The van der Waals surface area contributed by atoms with Gasteiger partial charge in [-0.1, -0.05) is 28.0 Å². The Hall–Kier alpha value is 0.660. The summed E-state index contributed by atoms with van der Waals surface area (Å²) in [4.78, 5) is 2.69. The zero-order valence-electron chi connectivity index (χ0n) is 6.79. The molecule has 0 atom stereocenters. The van der Waals surface area contributed by atoms with Crippen LogP contribution in [-0.4, -0.2) is 35.5 Å². The number of nitrogens with zero attached hydrogens (tertiary/aromatic N) is 1. The van der Waals surface area contributed by atoms with Crippen molar-refractivity contribution in [2.75, 3.05) is 24.6 Å². The molecule has 0 radical (unpaired) electrons. The van der Waals surface area contributed by atoms with Crippen LogP contribution in [0.25, 0.3) is 0 Å². The lowest BCUT2D eigenvalue weighted by atomic mass is 10.1. The van der Waals surface area contributed by atoms with Gasteiger partial charge in [-0.2, -0.15) is 0 Å². The predicted octanol–water partition coefficient (Wildman–Crippen LogP) is 2.24. The maximum absolute atomic E-state index is 2.69. The molecule has 0 unspecified atom stereocenters. The van der Waals surface area contributed by atoms with Gasteiger partial charge in [0.15, 0.2) is 0 Å². The molecule has 3 heteroatoms. The number of likely N-dealkylation sites (tertiary alicyclic amines) is 1. The lowest BCUT2D eigenvalue weighted by Crippen LogP contribution is -2.40. The topological polar surface area (TPSA) is 3.24 Å². The van der Waals surface area contributed by atoms with Crippen LogP contribution < -0.4 is 0 Å². The summed E-state index contributed by atoms with van der Waals surface area (Å²) in [6.07, 6.45) is 4.33. The molecule has 0 amide bonds. The van der Waals surface area contributed by atoms with Crippen LogP contribution in [0.3, 0.4) is 0 Å². The minimum Gasteiger partial charge on any atom is -0.299 e. The molecule has 0 aromatic rings. The monoisotopic (exact) mass is 189 g/mol. The van der Waals surface area contributed by atoms with Crippen molar-refractivity contribution in [1.29, 1.82) is 0 Å². The van der Waals surface area contributed by atoms with Gasteiger partial charge in [-0.3, -0.25) is 4.90 Å². The Morgan fingerprint density at radius 1 is 0.909 bits per heavy atom. The second kappa shape index (κ2) is 4.06. The van der Waals surface area contributed by atoms with Crippen molar-refractivity contribution in [1.82, 2.24) is 4.90 Å². The molecule has 2 aliphatic heterocycles. The third-order valence-electron chi connectivity index (χ3n) is 2.51. The number of hydrogen-bond donors (Lipinski definition) is 0. The summed E-state index contributed by atoms with van der Waals surface area (Å²) in [5.74, 6) is 2.73. The van der Waals surface area contributed by atoms with E-state index in [-0.39, 0.29) is 0 Å². The fourth-order valence-electron chi connectivity index (χ4n) is 1.80. The molecule has 0 aliphatic carbocycles. The van der Waals surface area contributed by atoms with Gasteiger partial charge >= 0.3 is 0 Å². The summed E-state index contributed by atoms with van der Waals surface area (Å²) in [6, 6.07) is 0.908. The smallest absolute Gasteiger partial charge is 0.0293 e. The molecule has 2 heterocycles. The van der Waals surface area contributed by atoms with E-state index in [4.69, 9.17) is 0 Å². The quantitative estimate of drug-likeness (QED) is 0.582. The Kier molecular flexibility index (Phi) is 3.05. The van der Waals surface area contributed by atoms with Crippen LogP contribution >= 0.6 is 21.6 Å². The minimum atomic E-state index is 0.908. The van der Waals surface area contributed by atoms with Gasteiger partial charge in [0.2, 0.25) is 0 Å². The Bertz CT molecular complexity index is 117. The average molecular weight is 189 g/mol. The first-order valence-corrected chi connectivity index (χ1v) is 6.94. The van der Waals surface area contributed by atoms with Gasteiger partial charge < -0.3 is 0 Å². The van der Waals surface area contributed by atoms with Gasteiger partial charge in [0.25, 0.3) is 0 Å². The SMILES string of the molecule is C1CCN(C2CSSC2)CC1. The van der Waals surface area contributed by atoms with Crippen LogP contribution in [0.4, 0.5) is 0 Å². The maximum atomic E-state index is 2.69. The third-order valence-corrected chi connectivity index (χ3v) is 5.04. The Morgan fingerprint density at radius 2 is 1.55 bits per heavy atom. The lowest BCUT2D eigenvalue weighted by Gasteiger charge is -2.31. The van der Waals surface area contributed by atoms with Crippen molar-refractivity contribution in [2.45, 2.75) is 25.3 Å². The minimum absolute atomic E-state index is 0.908. The van der Waals surface area contributed by atoms with E-state index in [1.54, 1.807) is 0 Å². The van der Waals surface area contributed by atoms with Gasteiger partial charge in [-0.05, 0) is 25.9 Å². The molecule has 2 saturated heterocycles. The van der Waals surface area contributed by atoms with Crippen LogP contribution in [0.2, 0.25) is 0 Å². The van der Waals surface area contributed by atoms with Crippen molar-refractivity contribution in [3.63, 3.8) is 0 Å². The highest BCUT2D eigenvalue weighted by Gasteiger charge is 2.24. The molecule has 0 saturated carbocycles. The van der Waals surface area contributed by atoms with Gasteiger partial charge in [0.05, 0.1) is 0 Å². The molecular weight excluding hydrogens is 174 g/mol. The Morgan fingerprint density at radius 3 is 2.18 bits per heavy atom. The molecule has 1 nitrogen and oxygen atoms in total. The van der Waals surface area contributed by atoms with Gasteiger partial charge in [-0.15, -0.1) is 0 Å². The Labute approximate surface area is 76.7 Å². The molecular formula is C8H15NS2. The van der Waals surface area contributed by atoms with Gasteiger partial charge in [-0.25, -0.2) is 0 Å². The molecule has 0 N–H and O–H groups in total. The molecule has 2 fully saturated rings. The van der Waals surface area contributed by atoms with Crippen LogP contribution in [0.5, 0.6) is 0 Å². The summed E-state index contributed by atoms with van der Waals surface area (Å²) in [7, 11) is 4.10. The molecule has 2 rings (SSSR count). The van der Waals surface area contributed by atoms with Crippen molar-refractivity contribution >= 4 is 21.6 Å². The molecule has 0 aromatic carbocycles. The molecule has 0 aromatic heterocycles. The first kappa shape index (κ1) is 8.27. The summed E-state index contributed by atoms with van der Waals surface area (Å²) in [5.41, 5.74) is 0. The van der Waals surface area contributed by atoms with Gasteiger partial charge in [0.1, 0.15) is 0 Å². The van der Waals surface area contributed by atoms with E-state index in [0.717, 1.165) is 6.04 Å². The van der Waals surface area contributed by atoms with E-state index in [0.29, 0.717) is 0 Å². The highest BCUT2D eigenvalue weighted by Crippen LogP contribution is 2.34. The first-order valence-electron chi connectivity index (χ1n) is 4.45. The second-order valence-corrected chi connectivity index (χ2v) is 5.87. The summed E-state index contributed by atoms with van der Waals surface area (Å²) >= 11 is 0. The first-order chi connectivity index (χ1) is 5.47. The number of piperidine rings is 1. The summed E-state index contributed by atoms with van der Waals surface area (Å²) < 4.78 is 0. The molecule has 11 heavy (non-hydrogen) atoms. The van der Waals surface area contributed by atoms with E-state index in [1.807, 2.05) is 0 Å². The normalized spacial score (nSPS) is 29.5. The number of hydrogen-bond acceptors (Lipinski definition) is 3. The third kappa shape index (κ3) is 2.07. The zero-order valence-corrected chi connectivity index (χ0v) is 8.42. The average Bonchev–Trinajstić information content (AvgIpc) is 2.58. The maximum Gasteiger partial charge on any atom is 0.0293 e. The fraction of sp³-hybridized carbons (Fsp3) is 1.00. The van der Waals surface area contributed by atoms with Gasteiger partial charge in [0, 0.05) is 17.5 Å². The molecule has 0 bridgehead atoms. The zero-order chi connectivity index (χ0) is 7.52. The summed E-state index contributed by atoms with van der Waals surface area (Å²) in [5, 5.41) is 0. The van der Waals surface area contributed by atoms with Crippen molar-refractivity contribution in [3.05, 3.63) is 0 Å². The number of rotatable bonds is 1.